The quantitative estimate of drug-likeness (QED) is 0.820. The molecule has 0 spiro atoms. The van der Waals surface area contributed by atoms with Gasteiger partial charge in [-0.2, -0.15) is 0 Å². The molecular formula is C12H16F2N2. The first kappa shape index (κ1) is 11.5. The van der Waals surface area contributed by atoms with Gasteiger partial charge in [0.1, 0.15) is 11.6 Å². The van der Waals surface area contributed by atoms with Gasteiger partial charge >= 0.3 is 0 Å². The lowest BCUT2D eigenvalue weighted by Crippen LogP contribution is -2.50. The highest BCUT2D eigenvalue weighted by Crippen LogP contribution is 2.14. The van der Waals surface area contributed by atoms with Crippen molar-refractivity contribution in [3.8, 4) is 0 Å². The van der Waals surface area contributed by atoms with Crippen molar-refractivity contribution in [3.05, 3.63) is 35.4 Å². The van der Waals surface area contributed by atoms with Crippen molar-refractivity contribution in [2.75, 3.05) is 26.7 Å². The molecule has 2 nitrogen and oxygen atoms in total. The largest absolute Gasteiger partial charge is 0.314 e. The average Bonchev–Trinajstić information content (AvgIpc) is 2.27. The van der Waals surface area contributed by atoms with Gasteiger partial charge in [-0.3, -0.25) is 0 Å². The van der Waals surface area contributed by atoms with E-state index in [1.807, 2.05) is 7.05 Å². The summed E-state index contributed by atoms with van der Waals surface area (Å²) in [4.78, 5) is 2.18. The minimum absolute atomic E-state index is 0.241. The second-order valence-electron chi connectivity index (χ2n) is 4.28. The van der Waals surface area contributed by atoms with E-state index in [9.17, 15) is 8.78 Å². The Kier molecular flexibility index (Phi) is 3.51. The summed E-state index contributed by atoms with van der Waals surface area (Å²) in [6.45, 7) is 2.73. The lowest BCUT2D eigenvalue weighted by Gasteiger charge is -2.33. The maximum Gasteiger partial charge on any atom is 0.126 e. The molecule has 1 aromatic carbocycles. The van der Waals surface area contributed by atoms with E-state index in [1.165, 1.54) is 12.1 Å². The first-order valence-corrected chi connectivity index (χ1v) is 5.51. The summed E-state index contributed by atoms with van der Waals surface area (Å²) in [5, 5.41) is 3.26. The molecule has 0 amide bonds. The van der Waals surface area contributed by atoms with Crippen molar-refractivity contribution in [2.24, 2.45) is 0 Å². The van der Waals surface area contributed by atoms with Crippen LogP contribution in [0.2, 0.25) is 0 Å². The van der Waals surface area contributed by atoms with Crippen LogP contribution in [0.5, 0.6) is 0 Å². The lowest BCUT2D eigenvalue weighted by molar-refractivity contribution is 0.198. The van der Waals surface area contributed by atoms with Crippen LogP contribution in [0.1, 0.15) is 5.56 Å². The summed E-state index contributed by atoms with van der Waals surface area (Å²) in [6.07, 6.45) is 0.549. The maximum atomic E-state index is 13.4. The van der Waals surface area contributed by atoms with Crippen LogP contribution in [-0.2, 0) is 6.42 Å². The van der Waals surface area contributed by atoms with Crippen LogP contribution in [-0.4, -0.2) is 37.6 Å². The zero-order valence-corrected chi connectivity index (χ0v) is 9.34. The predicted molar refractivity (Wildman–Crippen MR) is 59.3 cm³/mol. The molecule has 1 unspecified atom stereocenters. The molecule has 1 atom stereocenters. The summed E-state index contributed by atoms with van der Waals surface area (Å²) >= 11 is 0. The summed E-state index contributed by atoms with van der Waals surface area (Å²) < 4.78 is 26.4. The normalized spacial score (nSPS) is 22.3. The van der Waals surface area contributed by atoms with Crippen LogP contribution in [0, 0.1) is 11.6 Å². The molecule has 1 saturated heterocycles. The smallest absolute Gasteiger partial charge is 0.126 e. The van der Waals surface area contributed by atoms with Crippen LogP contribution < -0.4 is 5.32 Å². The molecule has 0 bridgehead atoms. The molecule has 1 aliphatic heterocycles. The first-order chi connectivity index (χ1) is 7.66. The summed E-state index contributed by atoms with van der Waals surface area (Å²) in [6, 6.07) is 3.88. The topological polar surface area (TPSA) is 15.3 Å². The van der Waals surface area contributed by atoms with Gasteiger partial charge in [-0.15, -0.1) is 0 Å². The van der Waals surface area contributed by atoms with Crippen LogP contribution in [0.3, 0.4) is 0 Å². The standard InChI is InChI=1S/C12H16F2N2/c1-16-5-4-15-8-11(16)7-9-6-10(13)2-3-12(9)14/h2-3,6,11,15H,4-5,7-8H2,1H3. The highest BCUT2D eigenvalue weighted by atomic mass is 19.1. The summed E-state index contributed by atoms with van der Waals surface area (Å²) in [7, 11) is 2.02. The molecule has 0 radical (unpaired) electrons. The van der Waals surface area contributed by atoms with Crippen LogP contribution in [0.4, 0.5) is 8.78 Å². The molecule has 88 valence electrons. The summed E-state index contributed by atoms with van der Waals surface area (Å²) in [5.74, 6) is -0.691. The Balaban J connectivity index is 2.10. The number of benzene rings is 1. The van der Waals surface area contributed by atoms with Crippen LogP contribution in [0.15, 0.2) is 18.2 Å². The number of hydrogen-bond donors (Lipinski definition) is 1. The zero-order chi connectivity index (χ0) is 11.5. The van der Waals surface area contributed by atoms with Crippen molar-refractivity contribution < 1.29 is 8.78 Å². The van der Waals surface area contributed by atoms with Gasteiger partial charge in [-0.05, 0) is 37.2 Å². The fourth-order valence-electron chi connectivity index (χ4n) is 2.04. The minimum Gasteiger partial charge on any atom is -0.314 e. The maximum absolute atomic E-state index is 13.4. The monoisotopic (exact) mass is 226 g/mol. The lowest BCUT2D eigenvalue weighted by atomic mass is 10.0. The van der Waals surface area contributed by atoms with Gasteiger partial charge in [-0.25, -0.2) is 8.78 Å². The molecule has 1 aromatic rings. The van der Waals surface area contributed by atoms with Gasteiger partial charge in [0.05, 0.1) is 0 Å². The van der Waals surface area contributed by atoms with Gasteiger partial charge in [0.15, 0.2) is 0 Å². The third-order valence-electron chi connectivity index (χ3n) is 3.11. The van der Waals surface area contributed by atoms with Gasteiger partial charge in [0.25, 0.3) is 0 Å². The van der Waals surface area contributed by atoms with E-state index in [1.54, 1.807) is 0 Å². The zero-order valence-electron chi connectivity index (χ0n) is 9.34. The number of piperazine rings is 1. The SMILES string of the molecule is CN1CCNCC1Cc1cc(F)ccc1F. The predicted octanol–water partition coefficient (Wildman–Crippen LogP) is 1.41. The fraction of sp³-hybridized carbons (Fsp3) is 0.500. The third-order valence-corrected chi connectivity index (χ3v) is 3.11. The second kappa shape index (κ2) is 4.89. The van der Waals surface area contributed by atoms with E-state index in [0.717, 1.165) is 25.7 Å². The van der Waals surface area contributed by atoms with Crippen LogP contribution >= 0.6 is 0 Å². The van der Waals surface area contributed by atoms with E-state index in [0.29, 0.717) is 12.0 Å². The molecule has 1 heterocycles. The highest BCUT2D eigenvalue weighted by Gasteiger charge is 2.20. The Morgan fingerprint density at radius 1 is 1.44 bits per heavy atom. The van der Waals surface area contributed by atoms with Crippen molar-refractivity contribution >= 4 is 0 Å². The van der Waals surface area contributed by atoms with E-state index in [-0.39, 0.29) is 17.7 Å². The fourth-order valence-corrected chi connectivity index (χ4v) is 2.04. The number of halogens is 2. The van der Waals surface area contributed by atoms with Gasteiger partial charge in [-0.1, -0.05) is 0 Å². The number of likely N-dealkylation sites (N-methyl/N-ethyl adjacent to an activating group) is 1. The molecule has 0 aromatic heterocycles. The molecule has 1 N–H and O–H groups in total. The number of hydrogen-bond acceptors (Lipinski definition) is 2. The van der Waals surface area contributed by atoms with E-state index in [4.69, 9.17) is 0 Å². The van der Waals surface area contributed by atoms with E-state index < -0.39 is 0 Å². The van der Waals surface area contributed by atoms with Crippen molar-refractivity contribution in [3.63, 3.8) is 0 Å². The molecule has 0 saturated carbocycles. The third kappa shape index (κ3) is 2.57. The molecular weight excluding hydrogens is 210 g/mol. The Bertz CT molecular complexity index is 368. The van der Waals surface area contributed by atoms with E-state index in [2.05, 4.69) is 10.2 Å². The molecule has 0 aliphatic carbocycles. The minimum atomic E-state index is -0.372. The molecule has 16 heavy (non-hydrogen) atoms. The molecule has 1 fully saturated rings. The number of nitrogens with zero attached hydrogens (tertiary/aromatic N) is 1. The Morgan fingerprint density at radius 2 is 2.25 bits per heavy atom. The van der Waals surface area contributed by atoms with Crippen molar-refractivity contribution in [1.29, 1.82) is 0 Å². The Morgan fingerprint density at radius 3 is 3.00 bits per heavy atom. The van der Waals surface area contributed by atoms with Crippen molar-refractivity contribution in [2.45, 2.75) is 12.5 Å². The Labute approximate surface area is 94.3 Å². The van der Waals surface area contributed by atoms with Crippen LogP contribution in [0.25, 0.3) is 0 Å². The van der Waals surface area contributed by atoms with E-state index >= 15 is 0 Å². The summed E-state index contributed by atoms with van der Waals surface area (Å²) in [5.41, 5.74) is 0.459. The second-order valence-corrected chi connectivity index (χ2v) is 4.28. The Hall–Kier alpha value is -1.00. The molecule has 1 aliphatic rings. The van der Waals surface area contributed by atoms with Gasteiger partial charge in [0.2, 0.25) is 0 Å². The average molecular weight is 226 g/mol. The molecule has 4 heteroatoms. The number of nitrogens with one attached hydrogen (secondary N) is 1. The first-order valence-electron chi connectivity index (χ1n) is 5.51. The van der Waals surface area contributed by atoms with Crippen molar-refractivity contribution in [1.82, 2.24) is 10.2 Å². The van der Waals surface area contributed by atoms with Gasteiger partial charge < -0.3 is 10.2 Å². The number of rotatable bonds is 2. The van der Waals surface area contributed by atoms with Gasteiger partial charge in [0, 0.05) is 25.7 Å². The highest BCUT2D eigenvalue weighted by molar-refractivity contribution is 5.20. The molecule has 2 rings (SSSR count).